The van der Waals surface area contributed by atoms with Gasteiger partial charge in [-0.3, -0.25) is 4.90 Å². The fourth-order valence-electron chi connectivity index (χ4n) is 3.21. The van der Waals surface area contributed by atoms with Gasteiger partial charge in [0.25, 0.3) is 0 Å². The van der Waals surface area contributed by atoms with Gasteiger partial charge in [-0.25, -0.2) is 0 Å². The maximum absolute atomic E-state index is 10.3. The summed E-state index contributed by atoms with van der Waals surface area (Å²) in [6, 6.07) is 8.13. The minimum Gasteiger partial charge on any atom is -0.491 e. The molecule has 0 spiro atoms. The van der Waals surface area contributed by atoms with Crippen LogP contribution in [0.2, 0.25) is 0 Å². The number of morpholine rings is 1. The molecule has 1 aliphatic rings. The van der Waals surface area contributed by atoms with E-state index in [1.165, 1.54) is 5.56 Å². The van der Waals surface area contributed by atoms with Crippen LogP contribution in [0.5, 0.6) is 5.75 Å². The molecule has 0 saturated carbocycles. The Kier molecular flexibility index (Phi) is 6.88. The maximum Gasteiger partial charge on any atom is 0.122 e. The lowest BCUT2D eigenvalue weighted by Crippen LogP contribution is -2.48. The fraction of sp³-hybridized carbons (Fsp3) is 0.684. The predicted molar refractivity (Wildman–Crippen MR) is 93.1 cm³/mol. The highest BCUT2D eigenvalue weighted by atomic mass is 16.5. The van der Waals surface area contributed by atoms with Gasteiger partial charge in [0.15, 0.2) is 0 Å². The van der Waals surface area contributed by atoms with Gasteiger partial charge in [0.2, 0.25) is 0 Å². The Morgan fingerprint density at radius 3 is 2.57 bits per heavy atom. The monoisotopic (exact) mass is 321 g/mol. The molecule has 1 fully saturated rings. The zero-order chi connectivity index (χ0) is 16.8. The molecule has 0 bridgehead atoms. The Balaban J connectivity index is 1.86. The summed E-state index contributed by atoms with van der Waals surface area (Å²) in [5.74, 6) is 1.36. The van der Waals surface area contributed by atoms with Gasteiger partial charge in [-0.15, -0.1) is 0 Å². The number of para-hydroxylation sites is 1. The summed E-state index contributed by atoms with van der Waals surface area (Å²) in [4.78, 5) is 2.26. The number of aliphatic hydroxyl groups is 1. The van der Waals surface area contributed by atoms with Crippen LogP contribution in [0.25, 0.3) is 0 Å². The van der Waals surface area contributed by atoms with Crippen LogP contribution in [0.3, 0.4) is 0 Å². The second kappa shape index (κ2) is 8.67. The van der Waals surface area contributed by atoms with Gasteiger partial charge >= 0.3 is 0 Å². The number of aliphatic hydroxyl groups excluding tert-OH is 1. The molecule has 1 aliphatic heterocycles. The molecule has 4 heteroatoms. The van der Waals surface area contributed by atoms with Gasteiger partial charge < -0.3 is 14.6 Å². The Bertz CT molecular complexity index is 469. The minimum atomic E-state index is -0.488. The molecule has 1 aromatic carbocycles. The molecule has 0 unspecified atom stereocenters. The van der Waals surface area contributed by atoms with Crippen LogP contribution in [0.1, 0.15) is 45.6 Å². The fourth-order valence-corrected chi connectivity index (χ4v) is 3.21. The van der Waals surface area contributed by atoms with E-state index in [1.807, 2.05) is 18.2 Å². The van der Waals surface area contributed by atoms with Crippen molar-refractivity contribution in [2.24, 2.45) is 0 Å². The standard InChI is InChI=1S/C19H31NO3/c1-5-14(2)18-8-6-7-9-19(18)22-13-17(21)12-20-10-15(3)23-16(4)11-20/h6-9,14-17,21H,5,10-13H2,1-4H3/t14-,15-,16+,17+/m1/s1. The summed E-state index contributed by atoms with van der Waals surface area (Å²) in [6.45, 7) is 11.2. The molecule has 4 nitrogen and oxygen atoms in total. The first-order chi connectivity index (χ1) is 11.0. The van der Waals surface area contributed by atoms with E-state index < -0.39 is 6.10 Å². The molecule has 0 amide bonds. The molecular weight excluding hydrogens is 290 g/mol. The number of benzene rings is 1. The molecule has 1 saturated heterocycles. The zero-order valence-electron chi connectivity index (χ0n) is 14.9. The zero-order valence-corrected chi connectivity index (χ0v) is 14.9. The summed E-state index contributed by atoms with van der Waals surface area (Å²) in [7, 11) is 0. The van der Waals surface area contributed by atoms with Crippen molar-refractivity contribution in [3.05, 3.63) is 29.8 Å². The van der Waals surface area contributed by atoms with Gasteiger partial charge in [0.05, 0.1) is 12.2 Å². The van der Waals surface area contributed by atoms with E-state index in [9.17, 15) is 5.11 Å². The van der Waals surface area contributed by atoms with Crippen molar-refractivity contribution in [2.45, 2.75) is 58.3 Å². The van der Waals surface area contributed by atoms with Crippen molar-refractivity contribution in [1.82, 2.24) is 4.90 Å². The molecule has 0 aromatic heterocycles. The third kappa shape index (κ3) is 5.48. The molecule has 0 aliphatic carbocycles. The summed E-state index contributed by atoms with van der Waals surface area (Å²) in [5.41, 5.74) is 1.22. The highest BCUT2D eigenvalue weighted by Crippen LogP contribution is 2.28. The van der Waals surface area contributed by atoms with Crippen LogP contribution in [-0.2, 0) is 4.74 Å². The van der Waals surface area contributed by atoms with Crippen LogP contribution in [0.15, 0.2) is 24.3 Å². The molecule has 1 N–H and O–H groups in total. The van der Waals surface area contributed by atoms with Crippen LogP contribution in [-0.4, -0.2) is 54.6 Å². The number of rotatable bonds is 7. The quantitative estimate of drug-likeness (QED) is 0.838. The van der Waals surface area contributed by atoms with E-state index in [-0.39, 0.29) is 12.2 Å². The number of nitrogens with zero attached hydrogens (tertiary/aromatic N) is 1. The number of hydrogen-bond acceptors (Lipinski definition) is 4. The van der Waals surface area contributed by atoms with Gasteiger partial charge in [0, 0.05) is 19.6 Å². The second-order valence-corrected chi connectivity index (χ2v) is 6.79. The molecule has 2 rings (SSSR count). The molecule has 1 aromatic rings. The van der Waals surface area contributed by atoms with E-state index in [0.717, 1.165) is 25.3 Å². The smallest absolute Gasteiger partial charge is 0.122 e. The molecule has 0 radical (unpaired) electrons. The van der Waals surface area contributed by atoms with Gasteiger partial charge in [-0.1, -0.05) is 32.0 Å². The van der Waals surface area contributed by atoms with Gasteiger partial charge in [-0.05, 0) is 37.8 Å². The highest BCUT2D eigenvalue weighted by molar-refractivity contribution is 5.35. The largest absolute Gasteiger partial charge is 0.491 e. The van der Waals surface area contributed by atoms with Crippen molar-refractivity contribution in [3.63, 3.8) is 0 Å². The summed E-state index contributed by atoms with van der Waals surface area (Å²) < 4.78 is 11.6. The minimum absolute atomic E-state index is 0.220. The molecule has 130 valence electrons. The summed E-state index contributed by atoms with van der Waals surface area (Å²) >= 11 is 0. The van der Waals surface area contributed by atoms with E-state index in [1.54, 1.807) is 0 Å². The molecular formula is C19H31NO3. The summed E-state index contributed by atoms with van der Waals surface area (Å²) in [5, 5.41) is 10.3. The molecule has 23 heavy (non-hydrogen) atoms. The van der Waals surface area contributed by atoms with Crippen LogP contribution in [0, 0.1) is 0 Å². The first-order valence-electron chi connectivity index (χ1n) is 8.77. The number of β-amino-alcohol motifs (C(OH)–C–C–N with tert-alkyl or cyclic N) is 1. The highest BCUT2D eigenvalue weighted by Gasteiger charge is 2.24. The first kappa shape index (κ1) is 18.2. The SMILES string of the molecule is CC[C@@H](C)c1ccccc1OC[C@@H](O)CN1C[C@@H](C)O[C@@H](C)C1. The normalized spacial score (nSPS) is 25.1. The van der Waals surface area contributed by atoms with Crippen molar-refractivity contribution < 1.29 is 14.6 Å². The predicted octanol–water partition coefficient (Wildman–Crippen LogP) is 3.05. The van der Waals surface area contributed by atoms with Crippen molar-refractivity contribution in [1.29, 1.82) is 0 Å². The third-order valence-corrected chi connectivity index (χ3v) is 4.46. The summed E-state index contributed by atoms with van der Waals surface area (Å²) in [6.07, 6.45) is 1.03. The lowest BCUT2D eigenvalue weighted by Gasteiger charge is -2.36. The molecule has 1 heterocycles. The van der Waals surface area contributed by atoms with E-state index in [0.29, 0.717) is 19.1 Å². The Morgan fingerprint density at radius 2 is 1.91 bits per heavy atom. The first-order valence-corrected chi connectivity index (χ1v) is 8.77. The average molecular weight is 321 g/mol. The van der Waals surface area contributed by atoms with Crippen molar-refractivity contribution in [3.8, 4) is 5.75 Å². The van der Waals surface area contributed by atoms with E-state index in [4.69, 9.17) is 9.47 Å². The average Bonchev–Trinajstić information content (AvgIpc) is 2.51. The van der Waals surface area contributed by atoms with Crippen LogP contribution in [0.4, 0.5) is 0 Å². The Morgan fingerprint density at radius 1 is 1.26 bits per heavy atom. The van der Waals surface area contributed by atoms with E-state index >= 15 is 0 Å². The van der Waals surface area contributed by atoms with Crippen molar-refractivity contribution >= 4 is 0 Å². The lowest BCUT2D eigenvalue weighted by molar-refractivity contribution is -0.0787. The third-order valence-electron chi connectivity index (χ3n) is 4.46. The Hall–Kier alpha value is -1.10. The van der Waals surface area contributed by atoms with Gasteiger partial charge in [-0.2, -0.15) is 0 Å². The van der Waals surface area contributed by atoms with Crippen LogP contribution < -0.4 is 4.74 Å². The lowest BCUT2D eigenvalue weighted by atomic mass is 9.98. The second-order valence-electron chi connectivity index (χ2n) is 6.79. The number of hydrogen-bond donors (Lipinski definition) is 1. The number of ether oxygens (including phenoxy) is 2. The van der Waals surface area contributed by atoms with Crippen molar-refractivity contribution in [2.75, 3.05) is 26.2 Å². The van der Waals surface area contributed by atoms with Crippen LogP contribution >= 0.6 is 0 Å². The molecule has 4 atom stereocenters. The topological polar surface area (TPSA) is 41.9 Å². The van der Waals surface area contributed by atoms with Gasteiger partial charge in [0.1, 0.15) is 18.5 Å². The van der Waals surface area contributed by atoms with E-state index in [2.05, 4.69) is 38.7 Å². The maximum atomic E-state index is 10.3. The Labute approximate surface area is 140 Å².